The first-order valence-corrected chi connectivity index (χ1v) is 5.77. The van der Waals surface area contributed by atoms with Crippen LogP contribution in [-0.4, -0.2) is 25.4 Å². The first-order chi connectivity index (χ1) is 7.61. The van der Waals surface area contributed by atoms with Crippen molar-refractivity contribution in [3.8, 4) is 5.75 Å². The maximum absolute atomic E-state index is 5.99. The summed E-state index contributed by atoms with van der Waals surface area (Å²) in [5.41, 5.74) is 5.78. The van der Waals surface area contributed by atoms with Crippen LogP contribution in [0.15, 0.2) is 18.2 Å². The summed E-state index contributed by atoms with van der Waals surface area (Å²) in [5.74, 6) is 0.577. The number of rotatable bonds is 3. The highest BCUT2D eigenvalue weighted by atomic mass is 35.5. The van der Waals surface area contributed by atoms with Gasteiger partial charge >= 0.3 is 0 Å². The predicted molar refractivity (Wildman–Crippen MR) is 64.3 cm³/mol. The molecule has 0 amide bonds. The molecular formula is C11H13Cl2NO2. The summed E-state index contributed by atoms with van der Waals surface area (Å²) in [4.78, 5) is 0. The van der Waals surface area contributed by atoms with E-state index in [2.05, 4.69) is 0 Å². The Bertz CT molecular complexity index is 386. The van der Waals surface area contributed by atoms with E-state index >= 15 is 0 Å². The summed E-state index contributed by atoms with van der Waals surface area (Å²) in [7, 11) is 1.62. The van der Waals surface area contributed by atoms with Gasteiger partial charge in [-0.2, -0.15) is 0 Å². The third kappa shape index (κ3) is 2.28. The molecule has 1 saturated carbocycles. The molecule has 3 atom stereocenters. The Morgan fingerprint density at radius 3 is 2.75 bits per heavy atom. The smallest absolute Gasteiger partial charge is 0.139 e. The van der Waals surface area contributed by atoms with E-state index in [0.717, 1.165) is 6.42 Å². The lowest BCUT2D eigenvalue weighted by Gasteiger charge is -2.41. The largest absolute Gasteiger partial charge is 0.486 e. The lowest BCUT2D eigenvalue weighted by Crippen LogP contribution is -2.59. The Balaban J connectivity index is 2.07. The van der Waals surface area contributed by atoms with E-state index in [-0.39, 0.29) is 18.2 Å². The van der Waals surface area contributed by atoms with Crippen LogP contribution in [0.5, 0.6) is 5.75 Å². The van der Waals surface area contributed by atoms with Crippen molar-refractivity contribution in [3.63, 3.8) is 0 Å². The molecule has 5 heteroatoms. The number of hydrogen-bond donors (Lipinski definition) is 1. The number of benzene rings is 1. The third-order valence-electron chi connectivity index (χ3n) is 2.74. The van der Waals surface area contributed by atoms with E-state index in [1.54, 1.807) is 25.3 Å². The molecule has 2 N–H and O–H groups in total. The molecule has 0 aromatic heterocycles. The van der Waals surface area contributed by atoms with Gasteiger partial charge in [-0.1, -0.05) is 23.2 Å². The molecule has 0 saturated heterocycles. The van der Waals surface area contributed by atoms with E-state index < -0.39 is 0 Å². The fourth-order valence-corrected chi connectivity index (χ4v) is 2.11. The molecule has 3 nitrogen and oxygen atoms in total. The third-order valence-corrected chi connectivity index (χ3v) is 3.28. The average Bonchev–Trinajstić information content (AvgIpc) is 2.23. The molecule has 1 fully saturated rings. The second-order valence-corrected chi connectivity index (χ2v) is 4.67. The van der Waals surface area contributed by atoms with Gasteiger partial charge in [0, 0.05) is 30.7 Å². The highest BCUT2D eigenvalue weighted by Gasteiger charge is 2.41. The number of ether oxygens (including phenoxy) is 2. The second kappa shape index (κ2) is 4.80. The normalized spacial score (nSPS) is 28.6. The van der Waals surface area contributed by atoms with Gasteiger partial charge in [-0.05, 0) is 12.1 Å². The highest BCUT2D eigenvalue weighted by molar-refractivity contribution is 6.34. The quantitative estimate of drug-likeness (QED) is 0.910. The topological polar surface area (TPSA) is 44.5 Å². The summed E-state index contributed by atoms with van der Waals surface area (Å²) in [6.45, 7) is 0. The SMILES string of the molecule is COC1C(N)CC1Oc1cc(Cl)ccc1Cl. The molecule has 88 valence electrons. The van der Waals surface area contributed by atoms with Gasteiger partial charge in [0.25, 0.3) is 0 Å². The van der Waals surface area contributed by atoms with Crippen molar-refractivity contribution in [3.05, 3.63) is 28.2 Å². The summed E-state index contributed by atoms with van der Waals surface area (Å²) < 4.78 is 10.9. The zero-order valence-corrected chi connectivity index (χ0v) is 10.3. The second-order valence-electron chi connectivity index (χ2n) is 3.83. The van der Waals surface area contributed by atoms with Crippen molar-refractivity contribution >= 4 is 23.2 Å². The summed E-state index contributed by atoms with van der Waals surface area (Å²) in [6, 6.07) is 5.16. The number of methoxy groups -OCH3 is 1. The lowest BCUT2D eigenvalue weighted by atomic mass is 9.86. The van der Waals surface area contributed by atoms with Crippen molar-refractivity contribution in [2.75, 3.05) is 7.11 Å². The van der Waals surface area contributed by atoms with Crippen molar-refractivity contribution in [2.24, 2.45) is 5.73 Å². The van der Waals surface area contributed by atoms with Gasteiger partial charge in [0.1, 0.15) is 18.0 Å². The fourth-order valence-electron chi connectivity index (χ4n) is 1.79. The van der Waals surface area contributed by atoms with Crippen LogP contribution < -0.4 is 10.5 Å². The lowest BCUT2D eigenvalue weighted by molar-refractivity contribution is -0.0781. The monoisotopic (exact) mass is 261 g/mol. The highest BCUT2D eigenvalue weighted by Crippen LogP contribution is 2.33. The van der Waals surface area contributed by atoms with Gasteiger partial charge in [-0.3, -0.25) is 0 Å². The molecule has 1 aromatic rings. The van der Waals surface area contributed by atoms with Gasteiger partial charge in [0.15, 0.2) is 0 Å². The van der Waals surface area contributed by atoms with E-state index in [1.807, 2.05) is 0 Å². The van der Waals surface area contributed by atoms with Crippen LogP contribution in [0.25, 0.3) is 0 Å². The van der Waals surface area contributed by atoms with Crippen LogP contribution in [0.2, 0.25) is 10.0 Å². The Morgan fingerprint density at radius 1 is 1.38 bits per heavy atom. The molecule has 1 aromatic carbocycles. The van der Waals surface area contributed by atoms with Crippen LogP contribution in [0, 0.1) is 0 Å². The molecule has 0 aliphatic heterocycles. The van der Waals surface area contributed by atoms with Gasteiger partial charge in [-0.15, -0.1) is 0 Å². The van der Waals surface area contributed by atoms with Crippen LogP contribution in [-0.2, 0) is 4.74 Å². The molecule has 0 heterocycles. The maximum atomic E-state index is 5.99. The van der Waals surface area contributed by atoms with Crippen molar-refractivity contribution < 1.29 is 9.47 Å². The molecule has 1 aliphatic rings. The van der Waals surface area contributed by atoms with Crippen molar-refractivity contribution in [1.29, 1.82) is 0 Å². The van der Waals surface area contributed by atoms with Crippen LogP contribution >= 0.6 is 23.2 Å². The van der Waals surface area contributed by atoms with E-state index in [0.29, 0.717) is 15.8 Å². The van der Waals surface area contributed by atoms with Crippen LogP contribution in [0.3, 0.4) is 0 Å². The van der Waals surface area contributed by atoms with Crippen molar-refractivity contribution in [1.82, 2.24) is 0 Å². The fraction of sp³-hybridized carbons (Fsp3) is 0.455. The number of hydrogen-bond acceptors (Lipinski definition) is 3. The van der Waals surface area contributed by atoms with Crippen molar-refractivity contribution in [2.45, 2.75) is 24.7 Å². The molecule has 0 bridgehead atoms. The number of halogens is 2. The Labute approximate surface area is 104 Å². The van der Waals surface area contributed by atoms with Crippen LogP contribution in [0.1, 0.15) is 6.42 Å². The minimum absolute atomic E-state index is 0.0351. The standard InChI is InChI=1S/C11H13Cl2NO2/c1-15-11-8(14)5-10(11)16-9-4-6(12)2-3-7(9)13/h2-4,8,10-11H,5,14H2,1H3. The van der Waals surface area contributed by atoms with E-state index in [1.165, 1.54) is 0 Å². The molecule has 1 aliphatic carbocycles. The maximum Gasteiger partial charge on any atom is 0.139 e. The summed E-state index contributed by atoms with van der Waals surface area (Å²) in [5, 5.41) is 1.14. The minimum atomic E-state index is -0.0740. The molecule has 0 radical (unpaired) electrons. The van der Waals surface area contributed by atoms with E-state index in [4.69, 9.17) is 38.4 Å². The Kier molecular flexibility index (Phi) is 3.60. The first kappa shape index (κ1) is 12.0. The van der Waals surface area contributed by atoms with Gasteiger partial charge in [-0.25, -0.2) is 0 Å². The van der Waals surface area contributed by atoms with Gasteiger partial charge in [0.05, 0.1) is 5.02 Å². The summed E-state index contributed by atoms with van der Waals surface area (Å²) in [6.07, 6.45) is 0.646. The van der Waals surface area contributed by atoms with Gasteiger partial charge < -0.3 is 15.2 Å². The molecule has 0 spiro atoms. The molecular weight excluding hydrogens is 249 g/mol. The zero-order chi connectivity index (χ0) is 11.7. The Morgan fingerprint density at radius 2 is 2.12 bits per heavy atom. The minimum Gasteiger partial charge on any atom is -0.486 e. The van der Waals surface area contributed by atoms with E-state index in [9.17, 15) is 0 Å². The summed E-state index contributed by atoms with van der Waals surface area (Å²) >= 11 is 11.9. The van der Waals surface area contributed by atoms with Crippen LogP contribution in [0.4, 0.5) is 0 Å². The van der Waals surface area contributed by atoms with Gasteiger partial charge in [0.2, 0.25) is 0 Å². The average molecular weight is 262 g/mol. The first-order valence-electron chi connectivity index (χ1n) is 5.02. The molecule has 2 rings (SSSR count). The molecule has 16 heavy (non-hydrogen) atoms. The zero-order valence-electron chi connectivity index (χ0n) is 8.82. The predicted octanol–water partition coefficient (Wildman–Crippen LogP) is 2.49. The molecule has 3 unspecified atom stereocenters. The number of nitrogens with two attached hydrogens (primary N) is 1. The Hall–Kier alpha value is -0.480.